The van der Waals surface area contributed by atoms with E-state index in [1.165, 1.54) is 13.0 Å². The molecule has 1 atom stereocenters. The number of benzene rings is 2. The molecule has 29 heavy (non-hydrogen) atoms. The normalized spacial score (nSPS) is 19.3. The quantitative estimate of drug-likeness (QED) is 0.766. The van der Waals surface area contributed by atoms with Gasteiger partial charge in [0.15, 0.2) is 0 Å². The van der Waals surface area contributed by atoms with Crippen LogP contribution in [0, 0.1) is 6.92 Å². The predicted octanol–water partition coefficient (Wildman–Crippen LogP) is 3.42. The summed E-state index contributed by atoms with van der Waals surface area (Å²) < 4.78 is 38.4. The molecular formula is C20H18F3N3O3. The van der Waals surface area contributed by atoms with Crippen molar-refractivity contribution in [3.05, 3.63) is 65.2 Å². The van der Waals surface area contributed by atoms with E-state index in [9.17, 15) is 27.6 Å². The summed E-state index contributed by atoms with van der Waals surface area (Å²) in [5.74, 6) is -1.41. The van der Waals surface area contributed by atoms with Crippen molar-refractivity contribution in [3.8, 4) is 0 Å². The molecule has 1 aliphatic heterocycles. The number of hydrogen-bond donors (Lipinski definition) is 2. The van der Waals surface area contributed by atoms with Crippen molar-refractivity contribution in [1.29, 1.82) is 0 Å². The molecule has 0 aromatic heterocycles. The number of rotatable bonds is 4. The maximum Gasteiger partial charge on any atom is 0.416 e. The molecule has 9 heteroatoms. The number of imide groups is 1. The molecule has 0 bridgehead atoms. The van der Waals surface area contributed by atoms with Crippen molar-refractivity contribution < 1.29 is 27.6 Å². The first-order valence-electron chi connectivity index (χ1n) is 8.69. The highest BCUT2D eigenvalue weighted by Gasteiger charge is 2.49. The lowest BCUT2D eigenvalue weighted by molar-refractivity contribution is -0.137. The van der Waals surface area contributed by atoms with Gasteiger partial charge in [-0.2, -0.15) is 13.2 Å². The first kappa shape index (κ1) is 20.4. The maximum absolute atomic E-state index is 12.8. The third kappa shape index (κ3) is 4.08. The van der Waals surface area contributed by atoms with Gasteiger partial charge >= 0.3 is 12.2 Å². The van der Waals surface area contributed by atoms with E-state index >= 15 is 0 Å². The molecular weight excluding hydrogens is 387 g/mol. The number of carbonyl (C=O) groups excluding carboxylic acids is 3. The Balaban J connectivity index is 1.73. The van der Waals surface area contributed by atoms with Gasteiger partial charge in [0.2, 0.25) is 5.91 Å². The molecule has 3 rings (SSSR count). The predicted molar refractivity (Wildman–Crippen MR) is 98.8 cm³/mol. The average molecular weight is 405 g/mol. The van der Waals surface area contributed by atoms with Crippen LogP contribution < -0.4 is 10.6 Å². The third-order valence-electron chi connectivity index (χ3n) is 4.68. The zero-order valence-electron chi connectivity index (χ0n) is 15.6. The molecule has 152 valence electrons. The Hall–Kier alpha value is -3.36. The maximum atomic E-state index is 12.8. The molecule has 6 nitrogen and oxygen atoms in total. The summed E-state index contributed by atoms with van der Waals surface area (Å²) in [7, 11) is 0. The first-order valence-corrected chi connectivity index (χ1v) is 8.69. The van der Waals surface area contributed by atoms with E-state index in [0.29, 0.717) is 5.56 Å². The van der Waals surface area contributed by atoms with Gasteiger partial charge in [-0.05, 0) is 37.6 Å². The highest BCUT2D eigenvalue weighted by Crippen LogP contribution is 2.31. The van der Waals surface area contributed by atoms with Gasteiger partial charge < -0.3 is 10.6 Å². The SMILES string of the molecule is Cc1ccc(C2(C)NC(=O)N(CC(=O)Nc3cccc(C(F)(F)F)c3)C2=O)cc1. The minimum absolute atomic E-state index is 0.0850. The van der Waals surface area contributed by atoms with Crippen LogP contribution in [0.25, 0.3) is 0 Å². The van der Waals surface area contributed by atoms with Crippen LogP contribution in [0.15, 0.2) is 48.5 Å². The smallest absolute Gasteiger partial charge is 0.325 e. The summed E-state index contributed by atoms with van der Waals surface area (Å²) in [4.78, 5) is 38.1. The summed E-state index contributed by atoms with van der Waals surface area (Å²) in [6, 6.07) is 10.3. The number of halogens is 3. The van der Waals surface area contributed by atoms with E-state index in [0.717, 1.165) is 28.7 Å². The fourth-order valence-electron chi connectivity index (χ4n) is 3.04. The minimum Gasteiger partial charge on any atom is -0.325 e. The molecule has 0 saturated carbocycles. The number of urea groups is 1. The summed E-state index contributed by atoms with van der Waals surface area (Å²) >= 11 is 0. The van der Waals surface area contributed by atoms with Crippen LogP contribution in [-0.4, -0.2) is 29.3 Å². The number of nitrogens with zero attached hydrogens (tertiary/aromatic N) is 1. The van der Waals surface area contributed by atoms with Crippen molar-refractivity contribution >= 4 is 23.5 Å². The molecule has 0 radical (unpaired) electrons. The van der Waals surface area contributed by atoms with Gasteiger partial charge in [-0.1, -0.05) is 35.9 Å². The second-order valence-corrected chi connectivity index (χ2v) is 6.94. The molecule has 4 amide bonds. The largest absolute Gasteiger partial charge is 0.416 e. The van der Waals surface area contributed by atoms with Gasteiger partial charge in [0.25, 0.3) is 5.91 Å². The summed E-state index contributed by atoms with van der Waals surface area (Å²) in [6.07, 6.45) is -4.55. The lowest BCUT2D eigenvalue weighted by Gasteiger charge is -2.22. The van der Waals surface area contributed by atoms with E-state index in [-0.39, 0.29) is 5.69 Å². The molecule has 0 spiro atoms. The van der Waals surface area contributed by atoms with E-state index in [1.54, 1.807) is 24.3 Å². The number of amides is 4. The van der Waals surface area contributed by atoms with E-state index < -0.39 is 41.7 Å². The van der Waals surface area contributed by atoms with Gasteiger partial charge in [0.05, 0.1) is 5.56 Å². The van der Waals surface area contributed by atoms with Gasteiger partial charge in [0.1, 0.15) is 12.1 Å². The highest BCUT2D eigenvalue weighted by molar-refractivity contribution is 6.10. The second kappa shape index (κ2) is 7.23. The number of carbonyl (C=O) groups is 3. The lowest BCUT2D eigenvalue weighted by Crippen LogP contribution is -2.42. The topological polar surface area (TPSA) is 78.5 Å². The standard InChI is InChI=1S/C20H18F3N3O3/c1-12-6-8-13(9-7-12)19(2)17(28)26(18(29)25-19)11-16(27)24-15-5-3-4-14(10-15)20(21,22)23/h3-10H,11H2,1-2H3,(H,24,27)(H,25,29). The number of nitrogens with one attached hydrogen (secondary N) is 2. The van der Waals surface area contributed by atoms with Crippen LogP contribution in [0.4, 0.5) is 23.7 Å². The van der Waals surface area contributed by atoms with Gasteiger partial charge in [-0.3, -0.25) is 14.5 Å². The fraction of sp³-hybridized carbons (Fsp3) is 0.250. The van der Waals surface area contributed by atoms with Gasteiger partial charge in [-0.15, -0.1) is 0 Å². The monoisotopic (exact) mass is 405 g/mol. The summed E-state index contributed by atoms with van der Waals surface area (Å²) in [6.45, 7) is 2.79. The third-order valence-corrected chi connectivity index (χ3v) is 4.68. The Morgan fingerprint density at radius 2 is 1.79 bits per heavy atom. The van der Waals surface area contributed by atoms with Crippen LogP contribution in [0.1, 0.15) is 23.6 Å². The highest BCUT2D eigenvalue weighted by atomic mass is 19.4. The Morgan fingerprint density at radius 1 is 1.14 bits per heavy atom. The van der Waals surface area contributed by atoms with Crippen molar-refractivity contribution in [1.82, 2.24) is 10.2 Å². The van der Waals surface area contributed by atoms with Crippen LogP contribution in [0.5, 0.6) is 0 Å². The van der Waals surface area contributed by atoms with Crippen molar-refractivity contribution in [2.24, 2.45) is 0 Å². The van der Waals surface area contributed by atoms with Crippen LogP contribution in [0.2, 0.25) is 0 Å². The second-order valence-electron chi connectivity index (χ2n) is 6.94. The molecule has 0 aliphatic carbocycles. The summed E-state index contributed by atoms with van der Waals surface area (Å²) in [5, 5.41) is 4.86. The van der Waals surface area contributed by atoms with E-state index in [4.69, 9.17) is 0 Å². The fourth-order valence-corrected chi connectivity index (χ4v) is 3.04. The number of alkyl halides is 3. The Labute approximate surface area is 164 Å². The number of anilines is 1. The Morgan fingerprint density at radius 3 is 2.41 bits per heavy atom. The Bertz CT molecular complexity index is 973. The molecule has 1 unspecified atom stereocenters. The molecule has 2 aromatic carbocycles. The minimum atomic E-state index is -4.55. The van der Waals surface area contributed by atoms with Crippen LogP contribution in [-0.2, 0) is 21.3 Å². The zero-order chi connectivity index (χ0) is 21.4. The summed E-state index contributed by atoms with van der Waals surface area (Å²) in [5.41, 5.74) is -0.801. The van der Waals surface area contributed by atoms with Crippen molar-refractivity contribution in [2.45, 2.75) is 25.6 Å². The van der Waals surface area contributed by atoms with Crippen LogP contribution in [0.3, 0.4) is 0 Å². The average Bonchev–Trinajstić information content (AvgIpc) is 2.86. The van der Waals surface area contributed by atoms with E-state index in [2.05, 4.69) is 10.6 Å². The van der Waals surface area contributed by atoms with Gasteiger partial charge in [-0.25, -0.2) is 4.79 Å². The Kier molecular flexibility index (Phi) is 5.08. The molecule has 1 saturated heterocycles. The van der Waals surface area contributed by atoms with Crippen molar-refractivity contribution in [3.63, 3.8) is 0 Å². The molecule has 2 N–H and O–H groups in total. The molecule has 2 aromatic rings. The van der Waals surface area contributed by atoms with Crippen LogP contribution >= 0.6 is 0 Å². The zero-order valence-corrected chi connectivity index (χ0v) is 15.6. The molecule has 1 aliphatic rings. The number of hydrogen-bond acceptors (Lipinski definition) is 3. The van der Waals surface area contributed by atoms with E-state index in [1.807, 2.05) is 6.92 Å². The molecule has 1 heterocycles. The first-order chi connectivity index (χ1) is 13.5. The lowest BCUT2D eigenvalue weighted by atomic mass is 9.91. The van der Waals surface area contributed by atoms with Gasteiger partial charge in [0, 0.05) is 5.69 Å². The molecule has 1 fully saturated rings. The van der Waals surface area contributed by atoms with Crippen molar-refractivity contribution in [2.75, 3.05) is 11.9 Å². The number of aryl methyl sites for hydroxylation is 1.